The van der Waals surface area contributed by atoms with Crippen molar-refractivity contribution in [2.75, 3.05) is 26.8 Å². The van der Waals surface area contributed by atoms with Crippen LogP contribution in [-0.4, -0.2) is 36.6 Å². The zero-order chi connectivity index (χ0) is 15.9. The molecule has 0 aliphatic rings. The van der Waals surface area contributed by atoms with Crippen LogP contribution in [0.4, 0.5) is 0 Å². The lowest BCUT2D eigenvalue weighted by atomic mass is 9.78. The number of nitrogens with one attached hydrogen (secondary N) is 1. The summed E-state index contributed by atoms with van der Waals surface area (Å²) >= 11 is 6.51. The number of ether oxygens (including phenoxy) is 1. The van der Waals surface area contributed by atoms with Gasteiger partial charge in [0.05, 0.1) is 23.0 Å². The van der Waals surface area contributed by atoms with E-state index in [1.165, 1.54) is 0 Å². The SMILES string of the molecule is CCc1nn(C)c(CC(CC)(CC)CNCCOC)c1Cl. The van der Waals surface area contributed by atoms with Crippen molar-refractivity contribution < 1.29 is 4.74 Å². The Hall–Kier alpha value is -0.580. The topological polar surface area (TPSA) is 39.1 Å². The molecule has 0 atom stereocenters. The maximum absolute atomic E-state index is 6.51. The zero-order valence-electron chi connectivity index (χ0n) is 14.1. The van der Waals surface area contributed by atoms with Crippen molar-refractivity contribution in [3.8, 4) is 0 Å². The second-order valence-electron chi connectivity index (χ2n) is 5.74. The van der Waals surface area contributed by atoms with Crippen molar-refractivity contribution >= 4 is 11.6 Å². The molecule has 1 aromatic rings. The highest BCUT2D eigenvalue weighted by atomic mass is 35.5. The molecule has 0 radical (unpaired) electrons. The Kier molecular flexibility index (Phi) is 7.71. The molecule has 0 fully saturated rings. The second-order valence-corrected chi connectivity index (χ2v) is 6.12. The van der Waals surface area contributed by atoms with E-state index in [-0.39, 0.29) is 5.41 Å². The summed E-state index contributed by atoms with van der Waals surface area (Å²) in [5, 5.41) is 8.90. The fourth-order valence-corrected chi connectivity index (χ4v) is 3.07. The Balaban J connectivity index is 2.84. The minimum atomic E-state index is 0.218. The number of rotatable bonds is 10. The van der Waals surface area contributed by atoms with Gasteiger partial charge in [-0.2, -0.15) is 5.10 Å². The van der Waals surface area contributed by atoms with Gasteiger partial charge in [0.2, 0.25) is 0 Å². The first kappa shape index (κ1) is 18.5. The third-order valence-electron chi connectivity index (χ3n) is 4.53. The van der Waals surface area contributed by atoms with Gasteiger partial charge in [0.1, 0.15) is 0 Å². The van der Waals surface area contributed by atoms with E-state index in [2.05, 4.69) is 31.2 Å². The molecule has 1 rings (SSSR count). The van der Waals surface area contributed by atoms with Gasteiger partial charge in [-0.25, -0.2) is 0 Å². The van der Waals surface area contributed by atoms with Crippen LogP contribution in [0.5, 0.6) is 0 Å². The quantitative estimate of drug-likeness (QED) is 0.674. The molecular weight excluding hydrogens is 286 g/mol. The second kappa shape index (κ2) is 8.76. The van der Waals surface area contributed by atoms with Crippen molar-refractivity contribution in [3.05, 3.63) is 16.4 Å². The molecule has 0 unspecified atom stereocenters. The Labute approximate surface area is 134 Å². The Morgan fingerprint density at radius 3 is 2.43 bits per heavy atom. The molecule has 122 valence electrons. The molecule has 21 heavy (non-hydrogen) atoms. The zero-order valence-corrected chi connectivity index (χ0v) is 14.9. The average molecular weight is 316 g/mol. The minimum absolute atomic E-state index is 0.218. The number of methoxy groups -OCH3 is 1. The summed E-state index contributed by atoms with van der Waals surface area (Å²) in [6.45, 7) is 9.22. The minimum Gasteiger partial charge on any atom is -0.383 e. The molecule has 5 heteroatoms. The molecule has 0 saturated heterocycles. The van der Waals surface area contributed by atoms with Crippen LogP contribution < -0.4 is 5.32 Å². The highest BCUT2D eigenvalue weighted by Crippen LogP contribution is 2.33. The predicted octanol–water partition coefficient (Wildman–Crippen LogP) is 3.22. The molecular formula is C16H30ClN3O. The van der Waals surface area contributed by atoms with Gasteiger partial charge in [-0.15, -0.1) is 0 Å². The number of halogens is 1. The van der Waals surface area contributed by atoms with Crippen LogP contribution in [-0.2, 0) is 24.6 Å². The summed E-state index contributed by atoms with van der Waals surface area (Å²) in [5.74, 6) is 0. The molecule has 0 amide bonds. The van der Waals surface area contributed by atoms with Crippen molar-refractivity contribution in [3.63, 3.8) is 0 Å². The van der Waals surface area contributed by atoms with Gasteiger partial charge in [0, 0.05) is 27.2 Å². The van der Waals surface area contributed by atoms with Gasteiger partial charge in [-0.1, -0.05) is 32.4 Å². The molecule has 0 spiro atoms. The molecule has 0 aromatic carbocycles. The Morgan fingerprint density at radius 1 is 1.29 bits per heavy atom. The summed E-state index contributed by atoms with van der Waals surface area (Å²) in [6, 6.07) is 0. The van der Waals surface area contributed by atoms with Crippen molar-refractivity contribution in [2.45, 2.75) is 46.5 Å². The molecule has 0 aliphatic heterocycles. The first-order chi connectivity index (χ1) is 10.0. The largest absolute Gasteiger partial charge is 0.383 e. The fraction of sp³-hybridized carbons (Fsp3) is 0.812. The van der Waals surface area contributed by atoms with Crippen LogP contribution in [0, 0.1) is 5.41 Å². The van der Waals surface area contributed by atoms with Crippen LogP contribution in [0.15, 0.2) is 0 Å². The first-order valence-corrected chi connectivity index (χ1v) is 8.31. The van der Waals surface area contributed by atoms with E-state index in [1.54, 1.807) is 7.11 Å². The standard InChI is InChI=1S/C16H30ClN3O/c1-6-13-15(17)14(20(4)19-13)11-16(7-2,8-3)12-18-9-10-21-5/h18H,6-12H2,1-5H3. The lowest BCUT2D eigenvalue weighted by molar-refractivity contribution is 0.185. The maximum Gasteiger partial charge on any atom is 0.0849 e. The summed E-state index contributed by atoms with van der Waals surface area (Å²) in [7, 11) is 3.73. The van der Waals surface area contributed by atoms with Crippen molar-refractivity contribution in [1.29, 1.82) is 0 Å². The van der Waals surface area contributed by atoms with E-state index in [0.717, 1.165) is 61.8 Å². The van der Waals surface area contributed by atoms with E-state index in [1.807, 2.05) is 11.7 Å². The van der Waals surface area contributed by atoms with Crippen LogP contribution >= 0.6 is 11.6 Å². The summed E-state index contributed by atoms with van der Waals surface area (Å²) in [6.07, 6.45) is 4.07. The van der Waals surface area contributed by atoms with Crippen molar-refractivity contribution in [1.82, 2.24) is 15.1 Å². The third kappa shape index (κ3) is 4.70. The van der Waals surface area contributed by atoms with Gasteiger partial charge < -0.3 is 10.1 Å². The van der Waals surface area contributed by atoms with E-state index < -0.39 is 0 Å². The first-order valence-electron chi connectivity index (χ1n) is 7.93. The Morgan fingerprint density at radius 2 is 1.95 bits per heavy atom. The Bertz CT molecular complexity index is 427. The maximum atomic E-state index is 6.51. The van der Waals surface area contributed by atoms with Gasteiger partial charge >= 0.3 is 0 Å². The molecule has 1 aromatic heterocycles. The van der Waals surface area contributed by atoms with Crippen LogP contribution in [0.1, 0.15) is 45.0 Å². The van der Waals surface area contributed by atoms with Crippen LogP contribution in [0.3, 0.4) is 0 Å². The summed E-state index contributed by atoms with van der Waals surface area (Å²) in [4.78, 5) is 0. The summed E-state index contributed by atoms with van der Waals surface area (Å²) in [5.41, 5.74) is 2.38. The van der Waals surface area contributed by atoms with Gasteiger partial charge in [-0.3, -0.25) is 4.68 Å². The van der Waals surface area contributed by atoms with Crippen molar-refractivity contribution in [2.24, 2.45) is 12.5 Å². The highest BCUT2D eigenvalue weighted by molar-refractivity contribution is 6.31. The van der Waals surface area contributed by atoms with Crippen LogP contribution in [0.25, 0.3) is 0 Å². The lowest BCUT2D eigenvalue weighted by Gasteiger charge is -2.32. The van der Waals surface area contributed by atoms with E-state index in [4.69, 9.17) is 16.3 Å². The molecule has 0 aliphatic carbocycles. The number of aryl methyl sites for hydroxylation is 2. The predicted molar refractivity (Wildman–Crippen MR) is 89.1 cm³/mol. The van der Waals surface area contributed by atoms with Gasteiger partial charge in [0.25, 0.3) is 0 Å². The molecule has 1 N–H and O–H groups in total. The molecule has 1 heterocycles. The van der Waals surface area contributed by atoms with Crippen LogP contribution in [0.2, 0.25) is 5.02 Å². The highest BCUT2D eigenvalue weighted by Gasteiger charge is 2.29. The normalized spacial score (nSPS) is 12.1. The lowest BCUT2D eigenvalue weighted by Crippen LogP contribution is -2.37. The number of hydrogen-bond acceptors (Lipinski definition) is 3. The fourth-order valence-electron chi connectivity index (χ4n) is 2.71. The average Bonchev–Trinajstić information content (AvgIpc) is 2.77. The molecule has 4 nitrogen and oxygen atoms in total. The third-order valence-corrected chi connectivity index (χ3v) is 4.96. The van der Waals surface area contributed by atoms with E-state index in [9.17, 15) is 0 Å². The summed E-state index contributed by atoms with van der Waals surface area (Å²) < 4.78 is 7.06. The number of nitrogens with zero attached hydrogens (tertiary/aromatic N) is 2. The van der Waals surface area contributed by atoms with E-state index in [0.29, 0.717) is 0 Å². The van der Waals surface area contributed by atoms with E-state index >= 15 is 0 Å². The number of hydrogen-bond donors (Lipinski definition) is 1. The number of aromatic nitrogens is 2. The smallest absolute Gasteiger partial charge is 0.0849 e. The molecule has 0 saturated carbocycles. The van der Waals surface area contributed by atoms with Gasteiger partial charge in [0.15, 0.2) is 0 Å². The molecule has 0 bridgehead atoms. The monoisotopic (exact) mass is 315 g/mol. The van der Waals surface area contributed by atoms with Gasteiger partial charge in [-0.05, 0) is 31.1 Å².